The van der Waals surface area contributed by atoms with E-state index in [1.165, 1.54) is 0 Å². The number of hydrogen-bond donors (Lipinski definition) is 3. The van der Waals surface area contributed by atoms with Crippen molar-refractivity contribution in [3.8, 4) is 5.75 Å². The van der Waals surface area contributed by atoms with Gasteiger partial charge in [-0.3, -0.25) is 14.7 Å². The van der Waals surface area contributed by atoms with Crippen molar-refractivity contribution in [1.29, 1.82) is 0 Å². The summed E-state index contributed by atoms with van der Waals surface area (Å²) in [5, 5.41) is 28.2. The number of aliphatic carboxylic acids is 1. The minimum atomic E-state index is -1.09. The fourth-order valence-corrected chi connectivity index (χ4v) is 2.57. The first-order valence-corrected chi connectivity index (χ1v) is 6.66. The van der Waals surface area contributed by atoms with Crippen LogP contribution in [0.5, 0.6) is 5.75 Å². The maximum absolute atomic E-state index is 11.2. The van der Waals surface area contributed by atoms with E-state index in [2.05, 4.69) is 20.9 Å². The Morgan fingerprint density at radius 2 is 2.32 bits per heavy atom. The molecule has 1 aliphatic heterocycles. The third-order valence-electron chi connectivity index (χ3n) is 3.48. The van der Waals surface area contributed by atoms with Gasteiger partial charge in [-0.05, 0) is 35.0 Å². The van der Waals surface area contributed by atoms with Crippen LogP contribution in [0.15, 0.2) is 16.7 Å². The predicted molar refractivity (Wildman–Crippen MR) is 70.7 cm³/mol. The Hall–Kier alpha value is -1.18. The summed E-state index contributed by atoms with van der Waals surface area (Å²) in [7, 11) is 0. The molecule has 0 aliphatic carbocycles. The van der Waals surface area contributed by atoms with Crippen molar-refractivity contribution < 1.29 is 20.1 Å². The molecule has 1 unspecified atom stereocenters. The maximum atomic E-state index is 11.2. The average Bonchev–Trinajstić information content (AvgIpc) is 2.77. The molecule has 7 heteroatoms. The van der Waals surface area contributed by atoms with Crippen LogP contribution in [-0.4, -0.2) is 50.9 Å². The third kappa shape index (κ3) is 2.88. The molecule has 0 aromatic carbocycles. The molecule has 0 radical (unpaired) electrons. The summed E-state index contributed by atoms with van der Waals surface area (Å²) in [6.45, 7) is 0.812. The minimum absolute atomic E-state index is 0.0752. The van der Waals surface area contributed by atoms with E-state index in [0.29, 0.717) is 29.7 Å². The van der Waals surface area contributed by atoms with Gasteiger partial charge >= 0.3 is 5.97 Å². The van der Waals surface area contributed by atoms with Crippen molar-refractivity contribution in [1.82, 2.24) is 9.88 Å². The van der Waals surface area contributed by atoms with E-state index in [1.54, 1.807) is 12.3 Å². The Balaban J connectivity index is 2.08. The van der Waals surface area contributed by atoms with Crippen LogP contribution >= 0.6 is 15.9 Å². The van der Waals surface area contributed by atoms with E-state index >= 15 is 0 Å². The second kappa shape index (κ2) is 5.44. The van der Waals surface area contributed by atoms with Gasteiger partial charge in [0, 0.05) is 23.8 Å². The topological polar surface area (TPSA) is 93.9 Å². The van der Waals surface area contributed by atoms with Crippen molar-refractivity contribution in [2.75, 3.05) is 19.7 Å². The molecule has 0 saturated carbocycles. The number of nitrogens with zero attached hydrogens (tertiary/aromatic N) is 2. The number of carboxylic acid groups (broad SMARTS) is 1. The summed E-state index contributed by atoms with van der Waals surface area (Å²) in [6.07, 6.45) is 1.98. The van der Waals surface area contributed by atoms with Crippen molar-refractivity contribution in [3.63, 3.8) is 0 Å². The van der Waals surface area contributed by atoms with Crippen LogP contribution in [-0.2, 0) is 11.3 Å². The van der Waals surface area contributed by atoms with Crippen LogP contribution in [0.2, 0.25) is 0 Å². The number of aromatic hydroxyl groups is 1. The minimum Gasteiger partial charge on any atom is -0.506 e. The van der Waals surface area contributed by atoms with Crippen LogP contribution in [0.1, 0.15) is 12.1 Å². The first-order chi connectivity index (χ1) is 8.97. The van der Waals surface area contributed by atoms with Crippen LogP contribution in [0.25, 0.3) is 0 Å². The van der Waals surface area contributed by atoms with Crippen LogP contribution < -0.4 is 0 Å². The molecule has 3 N–H and O–H groups in total. The predicted octanol–water partition coefficient (Wildman–Crippen LogP) is 0.819. The maximum Gasteiger partial charge on any atom is 0.313 e. The van der Waals surface area contributed by atoms with Crippen molar-refractivity contribution in [2.24, 2.45) is 5.41 Å². The molecule has 1 atom stereocenters. The van der Waals surface area contributed by atoms with E-state index in [9.17, 15) is 20.1 Å². The number of aliphatic hydroxyl groups is 1. The molecular weight excluding hydrogens is 316 g/mol. The first kappa shape index (κ1) is 14.2. The van der Waals surface area contributed by atoms with E-state index in [-0.39, 0.29) is 18.9 Å². The first-order valence-electron chi connectivity index (χ1n) is 5.87. The number of carboxylic acids is 1. The van der Waals surface area contributed by atoms with Gasteiger partial charge in [-0.15, -0.1) is 0 Å². The van der Waals surface area contributed by atoms with Gasteiger partial charge in [0.1, 0.15) is 11.2 Å². The van der Waals surface area contributed by atoms with Gasteiger partial charge in [0.2, 0.25) is 0 Å². The molecule has 1 aromatic rings. The van der Waals surface area contributed by atoms with Gasteiger partial charge in [-0.2, -0.15) is 0 Å². The summed E-state index contributed by atoms with van der Waals surface area (Å²) >= 11 is 3.21. The molecule has 1 aromatic heterocycles. The molecule has 1 aliphatic rings. The van der Waals surface area contributed by atoms with Crippen LogP contribution in [0, 0.1) is 5.41 Å². The highest BCUT2D eigenvalue weighted by atomic mass is 79.9. The van der Waals surface area contributed by atoms with Gasteiger partial charge in [-0.25, -0.2) is 0 Å². The van der Waals surface area contributed by atoms with E-state index in [4.69, 9.17) is 0 Å². The lowest BCUT2D eigenvalue weighted by Gasteiger charge is -2.22. The third-order valence-corrected chi connectivity index (χ3v) is 3.91. The Labute approximate surface area is 118 Å². The molecule has 1 saturated heterocycles. The molecule has 0 spiro atoms. The number of halogens is 1. The number of pyridine rings is 1. The number of aliphatic hydroxyl groups excluding tert-OH is 1. The second-order valence-electron chi connectivity index (χ2n) is 4.82. The zero-order valence-corrected chi connectivity index (χ0v) is 11.8. The number of rotatable bonds is 4. The number of aromatic nitrogens is 1. The zero-order valence-electron chi connectivity index (χ0n) is 10.2. The molecule has 19 heavy (non-hydrogen) atoms. The Kier molecular flexibility index (Phi) is 4.07. The van der Waals surface area contributed by atoms with E-state index in [1.807, 2.05) is 4.90 Å². The largest absolute Gasteiger partial charge is 0.506 e. The molecule has 0 bridgehead atoms. The summed E-state index contributed by atoms with van der Waals surface area (Å²) in [5.41, 5.74) is -0.590. The van der Waals surface area contributed by atoms with Crippen molar-refractivity contribution in [2.45, 2.75) is 13.0 Å². The van der Waals surface area contributed by atoms with Crippen molar-refractivity contribution >= 4 is 21.9 Å². The summed E-state index contributed by atoms with van der Waals surface area (Å²) in [5.74, 6) is -0.906. The van der Waals surface area contributed by atoms with Gasteiger partial charge < -0.3 is 15.3 Å². The smallest absolute Gasteiger partial charge is 0.313 e. The molecule has 2 rings (SSSR count). The molecular formula is C12H15BrN2O4. The number of likely N-dealkylation sites (tertiary alicyclic amines) is 1. The highest BCUT2D eigenvalue weighted by molar-refractivity contribution is 9.10. The fraction of sp³-hybridized carbons (Fsp3) is 0.500. The molecule has 104 valence electrons. The fourth-order valence-electron chi connectivity index (χ4n) is 2.26. The quantitative estimate of drug-likeness (QED) is 0.756. The second-order valence-corrected chi connectivity index (χ2v) is 5.74. The zero-order chi connectivity index (χ0) is 14.0. The van der Waals surface area contributed by atoms with Gasteiger partial charge in [0.25, 0.3) is 0 Å². The lowest BCUT2D eigenvalue weighted by atomic mass is 9.88. The molecule has 0 amide bonds. The lowest BCUT2D eigenvalue weighted by Crippen LogP contribution is -2.37. The monoisotopic (exact) mass is 330 g/mol. The van der Waals surface area contributed by atoms with Crippen LogP contribution in [0.4, 0.5) is 0 Å². The van der Waals surface area contributed by atoms with Crippen molar-refractivity contribution in [3.05, 3.63) is 22.4 Å². The summed E-state index contributed by atoms with van der Waals surface area (Å²) in [6, 6.07) is 1.55. The van der Waals surface area contributed by atoms with Gasteiger partial charge in [-0.1, -0.05) is 0 Å². The van der Waals surface area contributed by atoms with E-state index < -0.39 is 11.4 Å². The summed E-state index contributed by atoms with van der Waals surface area (Å²) in [4.78, 5) is 17.2. The summed E-state index contributed by atoms with van der Waals surface area (Å²) < 4.78 is 0.686. The Morgan fingerprint density at radius 1 is 1.58 bits per heavy atom. The van der Waals surface area contributed by atoms with E-state index in [0.717, 1.165) is 0 Å². The Morgan fingerprint density at radius 3 is 2.84 bits per heavy atom. The van der Waals surface area contributed by atoms with Crippen LogP contribution in [0.3, 0.4) is 0 Å². The highest BCUT2D eigenvalue weighted by Gasteiger charge is 2.44. The number of hydrogen-bond acceptors (Lipinski definition) is 5. The molecule has 6 nitrogen and oxygen atoms in total. The standard InChI is InChI=1S/C12H15BrN2O4/c13-8-3-10(17)9(14-4-8)5-15-2-1-12(6-15,7-16)11(18)19/h3-4,16-17H,1-2,5-7H2,(H,18,19). The Bertz CT molecular complexity index is 497. The van der Waals surface area contributed by atoms with Gasteiger partial charge in [0.05, 0.1) is 12.3 Å². The SMILES string of the molecule is O=C(O)C1(CO)CCN(Cc2ncc(Br)cc2O)C1. The molecule has 2 heterocycles. The highest BCUT2D eigenvalue weighted by Crippen LogP contribution is 2.32. The van der Waals surface area contributed by atoms with Gasteiger partial charge in [0.15, 0.2) is 0 Å². The molecule has 1 fully saturated rings. The average molecular weight is 331 g/mol. The number of carbonyl (C=O) groups is 1. The normalized spacial score (nSPS) is 23.7. The lowest BCUT2D eigenvalue weighted by molar-refractivity contribution is -0.150.